The molecule has 1 aliphatic heterocycles. The number of ether oxygens (including phenoxy) is 1. The Morgan fingerprint density at radius 1 is 1.24 bits per heavy atom. The Morgan fingerprint density at radius 3 is 2.55 bits per heavy atom. The Bertz CT molecular complexity index is 1160. The number of hydrogen-bond donors (Lipinski definition) is 3. The molecular formula is C22H26F2N4O4S. The molecule has 0 bridgehead atoms. The zero-order chi connectivity index (χ0) is 24.4. The number of carbonyl (C=O) groups excluding carboxylic acids is 1. The number of aromatic nitrogens is 1. The third kappa shape index (κ3) is 6.25. The maximum absolute atomic E-state index is 12.7. The Hall–Kier alpha value is -3.08. The lowest BCUT2D eigenvalue weighted by atomic mass is 10.0. The molecule has 1 amide bonds. The van der Waals surface area contributed by atoms with Crippen molar-refractivity contribution in [2.45, 2.75) is 32.9 Å². The van der Waals surface area contributed by atoms with Gasteiger partial charge in [0.05, 0.1) is 34.0 Å². The molecule has 1 aromatic carbocycles. The van der Waals surface area contributed by atoms with Crippen LogP contribution in [0.25, 0.3) is 0 Å². The van der Waals surface area contributed by atoms with Crippen molar-refractivity contribution in [1.29, 1.82) is 5.41 Å². The second kappa shape index (κ2) is 9.42. The minimum atomic E-state index is -3.13. The number of sulfone groups is 1. The van der Waals surface area contributed by atoms with Crippen LogP contribution in [0.1, 0.15) is 42.4 Å². The molecule has 33 heavy (non-hydrogen) atoms. The minimum absolute atomic E-state index is 0.0371. The van der Waals surface area contributed by atoms with Crippen molar-refractivity contribution in [2.24, 2.45) is 5.92 Å². The van der Waals surface area contributed by atoms with Gasteiger partial charge in [0, 0.05) is 18.3 Å². The van der Waals surface area contributed by atoms with E-state index >= 15 is 0 Å². The maximum atomic E-state index is 12.7. The van der Waals surface area contributed by atoms with Crippen molar-refractivity contribution in [3.63, 3.8) is 0 Å². The molecule has 0 spiro atoms. The van der Waals surface area contributed by atoms with E-state index < -0.39 is 27.9 Å². The summed E-state index contributed by atoms with van der Waals surface area (Å²) < 4.78 is 52.6. The van der Waals surface area contributed by atoms with Gasteiger partial charge in [-0.05, 0) is 31.0 Å². The van der Waals surface area contributed by atoms with E-state index in [1.807, 2.05) is 13.8 Å². The summed E-state index contributed by atoms with van der Waals surface area (Å²) in [4.78, 5) is 17.0. The number of nitrogens with zero attached hydrogens (tertiary/aromatic N) is 1. The second-order valence-electron chi connectivity index (χ2n) is 8.72. The highest BCUT2D eigenvalue weighted by atomic mass is 32.2. The van der Waals surface area contributed by atoms with Gasteiger partial charge in [-0.2, -0.15) is 8.78 Å². The van der Waals surface area contributed by atoms with E-state index in [0.29, 0.717) is 17.8 Å². The Kier molecular flexibility index (Phi) is 7.01. The van der Waals surface area contributed by atoms with E-state index in [4.69, 9.17) is 5.41 Å². The van der Waals surface area contributed by atoms with Gasteiger partial charge in [-0.1, -0.05) is 26.0 Å². The van der Waals surface area contributed by atoms with Gasteiger partial charge in [0.25, 0.3) is 5.91 Å². The molecule has 178 valence electrons. The first-order chi connectivity index (χ1) is 15.4. The lowest BCUT2D eigenvalue weighted by Gasteiger charge is -2.38. The molecular weight excluding hydrogens is 454 g/mol. The zero-order valence-electron chi connectivity index (χ0n) is 18.5. The number of benzene rings is 1. The molecule has 1 aliphatic rings. The summed E-state index contributed by atoms with van der Waals surface area (Å²) in [5.41, 5.74) is 0.310. The van der Waals surface area contributed by atoms with Crippen molar-refractivity contribution < 1.29 is 26.7 Å². The van der Waals surface area contributed by atoms with Gasteiger partial charge < -0.3 is 15.4 Å². The van der Waals surface area contributed by atoms with Crippen molar-refractivity contribution in [1.82, 2.24) is 10.3 Å². The average Bonchev–Trinajstić information content (AvgIpc) is 2.69. The molecule has 2 aromatic rings. The maximum Gasteiger partial charge on any atom is 0.387 e. The summed E-state index contributed by atoms with van der Waals surface area (Å²) in [7, 11) is -3.13. The van der Waals surface area contributed by atoms with Crippen LogP contribution in [0.3, 0.4) is 0 Å². The number of nitrogens with one attached hydrogen (secondary N) is 3. The van der Waals surface area contributed by atoms with Crippen LogP contribution in [-0.4, -0.2) is 55.2 Å². The highest BCUT2D eigenvalue weighted by molar-refractivity contribution is 7.93. The van der Waals surface area contributed by atoms with Crippen molar-refractivity contribution >= 4 is 27.1 Å². The van der Waals surface area contributed by atoms with Crippen molar-refractivity contribution in [2.75, 3.05) is 23.4 Å². The molecule has 2 heterocycles. The Labute approximate surface area is 191 Å². The molecule has 8 nitrogen and oxygen atoms in total. The number of rotatable bonds is 9. The van der Waals surface area contributed by atoms with Crippen molar-refractivity contribution in [3.05, 3.63) is 53.3 Å². The van der Waals surface area contributed by atoms with Gasteiger partial charge in [-0.3, -0.25) is 15.2 Å². The van der Waals surface area contributed by atoms with Crippen LogP contribution in [0, 0.1) is 11.3 Å². The molecule has 0 aliphatic carbocycles. The van der Waals surface area contributed by atoms with E-state index in [0.717, 1.165) is 0 Å². The first-order valence-electron chi connectivity index (χ1n) is 10.3. The summed E-state index contributed by atoms with van der Waals surface area (Å²) in [5.74, 6) is -0.553. The fourth-order valence-corrected chi connectivity index (χ4v) is 5.55. The zero-order valence-corrected chi connectivity index (χ0v) is 19.3. The first-order valence-corrected chi connectivity index (χ1v) is 12.1. The molecule has 0 saturated carbocycles. The number of anilines is 1. The molecule has 0 atom stereocenters. The summed E-state index contributed by atoms with van der Waals surface area (Å²) in [6.07, 6.45) is 1.30. The molecule has 1 aromatic heterocycles. The van der Waals surface area contributed by atoms with Gasteiger partial charge >= 0.3 is 6.61 Å². The third-order valence-electron chi connectivity index (χ3n) is 4.93. The number of amides is 1. The topological polar surface area (TPSA) is 121 Å². The molecule has 0 unspecified atom stereocenters. The smallest absolute Gasteiger partial charge is 0.387 e. The SMILES string of the molecule is CC(C)CNc1cc(C(=O)NC2(C)CS(=O)(=O)C2)cnc1C(=N)c1cccc(OC(F)F)c1. The predicted molar refractivity (Wildman–Crippen MR) is 121 cm³/mol. The summed E-state index contributed by atoms with van der Waals surface area (Å²) in [6, 6.07) is 7.31. The molecule has 11 heteroatoms. The highest BCUT2D eigenvalue weighted by Gasteiger charge is 2.45. The number of hydrogen-bond acceptors (Lipinski definition) is 7. The van der Waals surface area contributed by atoms with Gasteiger partial charge in [-0.25, -0.2) is 8.42 Å². The molecule has 3 rings (SSSR count). The van der Waals surface area contributed by atoms with Gasteiger partial charge in [0.1, 0.15) is 11.4 Å². The quantitative estimate of drug-likeness (QED) is 0.474. The van der Waals surface area contributed by atoms with Crippen LogP contribution in [0.15, 0.2) is 36.5 Å². The lowest BCUT2D eigenvalue weighted by Crippen LogP contribution is -2.63. The average molecular weight is 481 g/mol. The molecule has 1 fully saturated rings. The number of halogens is 2. The molecule has 1 saturated heterocycles. The van der Waals surface area contributed by atoms with E-state index in [1.165, 1.54) is 24.4 Å². The number of pyridine rings is 1. The predicted octanol–water partition coefficient (Wildman–Crippen LogP) is 3.08. The summed E-state index contributed by atoms with van der Waals surface area (Å²) >= 11 is 0. The number of carbonyl (C=O) groups is 1. The van der Waals surface area contributed by atoms with Crippen LogP contribution < -0.4 is 15.4 Å². The Balaban J connectivity index is 1.88. The molecule has 3 N–H and O–H groups in total. The van der Waals surface area contributed by atoms with E-state index in [9.17, 15) is 22.0 Å². The van der Waals surface area contributed by atoms with Gasteiger partial charge in [0.2, 0.25) is 0 Å². The highest BCUT2D eigenvalue weighted by Crippen LogP contribution is 2.25. The normalized spacial score (nSPS) is 16.2. The summed E-state index contributed by atoms with van der Waals surface area (Å²) in [5, 5.41) is 14.5. The minimum Gasteiger partial charge on any atom is -0.435 e. The van der Waals surface area contributed by atoms with Crippen LogP contribution >= 0.6 is 0 Å². The third-order valence-corrected chi connectivity index (χ3v) is 7.08. The fourth-order valence-electron chi connectivity index (χ4n) is 3.55. The fraction of sp³-hybridized carbons (Fsp3) is 0.409. The standard InChI is InChI=1S/C22H26F2N4O4S/c1-13(2)9-26-17-8-15(20(29)28-22(3)11-33(30,31)12-22)10-27-19(17)18(25)14-5-4-6-16(7-14)32-21(23)24/h4-8,10,13,21,25-26H,9,11-12H2,1-3H3,(H,28,29). The monoisotopic (exact) mass is 480 g/mol. The van der Waals surface area contributed by atoms with E-state index in [2.05, 4.69) is 20.4 Å². The van der Waals surface area contributed by atoms with E-state index in [-0.39, 0.29) is 40.1 Å². The van der Waals surface area contributed by atoms with Crippen LogP contribution in [-0.2, 0) is 9.84 Å². The van der Waals surface area contributed by atoms with Crippen LogP contribution in [0.4, 0.5) is 14.5 Å². The first kappa shape index (κ1) is 24.6. The lowest BCUT2D eigenvalue weighted by molar-refractivity contribution is -0.0498. The van der Waals surface area contributed by atoms with Gasteiger partial charge in [0.15, 0.2) is 9.84 Å². The number of alkyl halides is 2. The summed E-state index contributed by atoms with van der Waals surface area (Å²) in [6.45, 7) is 3.20. The van der Waals surface area contributed by atoms with Crippen LogP contribution in [0.2, 0.25) is 0 Å². The van der Waals surface area contributed by atoms with E-state index in [1.54, 1.807) is 19.1 Å². The Morgan fingerprint density at radius 2 is 1.94 bits per heavy atom. The van der Waals surface area contributed by atoms with Crippen molar-refractivity contribution in [3.8, 4) is 5.75 Å². The second-order valence-corrected chi connectivity index (χ2v) is 10.8. The van der Waals surface area contributed by atoms with Gasteiger partial charge in [-0.15, -0.1) is 0 Å². The molecule has 0 radical (unpaired) electrons. The van der Waals surface area contributed by atoms with Crippen LogP contribution in [0.5, 0.6) is 5.75 Å². The largest absolute Gasteiger partial charge is 0.435 e.